The van der Waals surface area contributed by atoms with Crippen LogP contribution in [-0.2, 0) is 10.0 Å². The zero-order valence-electron chi connectivity index (χ0n) is 12.1. The lowest BCUT2D eigenvalue weighted by atomic mass is 10.1. The smallest absolute Gasteiger partial charge is 0.254 e. The van der Waals surface area contributed by atoms with Crippen molar-refractivity contribution < 1.29 is 13.2 Å². The molecule has 0 saturated carbocycles. The Hall–Kier alpha value is -1.11. The topological polar surface area (TPSA) is 80.5 Å². The van der Waals surface area contributed by atoms with E-state index >= 15 is 0 Å². The normalized spacial score (nSPS) is 19.0. The van der Waals surface area contributed by atoms with E-state index in [1.807, 2.05) is 6.92 Å². The van der Waals surface area contributed by atoms with E-state index in [9.17, 15) is 13.2 Å². The van der Waals surface area contributed by atoms with Gasteiger partial charge in [-0.3, -0.25) is 4.79 Å². The molecule has 0 aliphatic carbocycles. The third-order valence-electron chi connectivity index (χ3n) is 3.97. The molecule has 2 rings (SSSR count). The Morgan fingerprint density at radius 1 is 1.48 bits per heavy atom. The molecular weight excluding hydrogens is 312 g/mol. The summed E-state index contributed by atoms with van der Waals surface area (Å²) in [4.78, 5) is 14.4. The average Bonchev–Trinajstić information content (AvgIpc) is 2.87. The van der Waals surface area contributed by atoms with Gasteiger partial charge in [-0.1, -0.05) is 18.5 Å². The fraction of sp³-hybridized carbons (Fsp3) is 0.500. The Bertz CT molecular complexity index is 673. The van der Waals surface area contributed by atoms with E-state index in [2.05, 4.69) is 0 Å². The average molecular weight is 331 g/mol. The molecular formula is C14H19ClN2O3S. The zero-order valence-corrected chi connectivity index (χ0v) is 13.7. The van der Waals surface area contributed by atoms with E-state index in [1.54, 1.807) is 11.8 Å². The van der Waals surface area contributed by atoms with Gasteiger partial charge in [0.15, 0.2) is 0 Å². The number of primary sulfonamides is 1. The van der Waals surface area contributed by atoms with Crippen LogP contribution >= 0.6 is 11.6 Å². The van der Waals surface area contributed by atoms with Gasteiger partial charge in [0.05, 0.1) is 4.90 Å². The van der Waals surface area contributed by atoms with Gasteiger partial charge in [-0.25, -0.2) is 13.6 Å². The number of hydrogen-bond donors (Lipinski definition) is 1. The molecule has 7 heteroatoms. The second-order valence-electron chi connectivity index (χ2n) is 5.32. The van der Waals surface area contributed by atoms with Gasteiger partial charge in [0.2, 0.25) is 10.0 Å². The second kappa shape index (κ2) is 5.94. The summed E-state index contributed by atoms with van der Waals surface area (Å²) in [5.41, 5.74) is 0.667. The van der Waals surface area contributed by atoms with Gasteiger partial charge in [-0.2, -0.15) is 0 Å². The van der Waals surface area contributed by atoms with Gasteiger partial charge in [0.25, 0.3) is 5.91 Å². The third-order valence-corrected chi connectivity index (χ3v) is 5.23. The molecule has 1 aromatic rings. The van der Waals surface area contributed by atoms with Crippen molar-refractivity contribution >= 4 is 27.5 Å². The fourth-order valence-electron chi connectivity index (χ4n) is 2.85. The SMILES string of the molecule is CCC1CCCN1C(=O)c1cc(Cl)cc(S(N)(=O)=O)c1C. The number of nitrogens with two attached hydrogens (primary N) is 1. The molecule has 1 aliphatic rings. The first-order chi connectivity index (χ1) is 9.75. The molecule has 1 unspecified atom stereocenters. The molecule has 1 fully saturated rings. The summed E-state index contributed by atoms with van der Waals surface area (Å²) < 4.78 is 23.2. The Balaban J connectivity index is 2.49. The number of sulfonamides is 1. The quantitative estimate of drug-likeness (QED) is 0.923. The summed E-state index contributed by atoms with van der Waals surface area (Å²) in [6.45, 7) is 4.31. The lowest BCUT2D eigenvalue weighted by Crippen LogP contribution is -2.35. The maximum absolute atomic E-state index is 12.7. The molecule has 1 atom stereocenters. The van der Waals surface area contributed by atoms with E-state index in [1.165, 1.54) is 12.1 Å². The molecule has 5 nitrogen and oxygen atoms in total. The molecule has 21 heavy (non-hydrogen) atoms. The minimum Gasteiger partial charge on any atom is -0.336 e. The molecule has 0 bridgehead atoms. The Labute approximate surface area is 130 Å². The van der Waals surface area contributed by atoms with Crippen molar-refractivity contribution in [3.8, 4) is 0 Å². The zero-order chi connectivity index (χ0) is 15.8. The van der Waals surface area contributed by atoms with Crippen LogP contribution in [0, 0.1) is 6.92 Å². The standard InChI is InChI=1S/C14H19ClN2O3S/c1-3-11-5-4-6-17(11)14(18)12-7-10(15)8-13(9(12)2)21(16,19)20/h7-8,11H,3-6H2,1-2H3,(H2,16,19,20). The number of nitrogens with zero attached hydrogens (tertiary/aromatic N) is 1. The summed E-state index contributed by atoms with van der Waals surface area (Å²) in [5.74, 6) is -0.177. The van der Waals surface area contributed by atoms with Crippen LogP contribution in [0.4, 0.5) is 0 Å². The number of carbonyl (C=O) groups excluding carboxylic acids is 1. The van der Waals surface area contributed by atoms with Crippen molar-refractivity contribution in [3.05, 3.63) is 28.3 Å². The minimum absolute atomic E-state index is 0.0920. The van der Waals surface area contributed by atoms with Crippen LogP contribution in [0.5, 0.6) is 0 Å². The first-order valence-electron chi connectivity index (χ1n) is 6.89. The van der Waals surface area contributed by atoms with Gasteiger partial charge in [0, 0.05) is 23.2 Å². The highest BCUT2D eigenvalue weighted by molar-refractivity contribution is 7.89. The molecule has 0 radical (unpaired) electrons. The van der Waals surface area contributed by atoms with Gasteiger partial charge in [0.1, 0.15) is 0 Å². The number of carbonyl (C=O) groups is 1. The molecule has 116 valence electrons. The minimum atomic E-state index is -3.91. The van der Waals surface area contributed by atoms with Crippen molar-refractivity contribution in [2.24, 2.45) is 5.14 Å². The maximum Gasteiger partial charge on any atom is 0.254 e. The lowest BCUT2D eigenvalue weighted by molar-refractivity contribution is 0.0732. The molecule has 1 heterocycles. The van der Waals surface area contributed by atoms with Crippen molar-refractivity contribution in [3.63, 3.8) is 0 Å². The Morgan fingerprint density at radius 3 is 2.71 bits per heavy atom. The summed E-state index contributed by atoms with van der Waals surface area (Å²) in [6.07, 6.45) is 2.82. The molecule has 1 amide bonds. The van der Waals surface area contributed by atoms with Crippen LogP contribution in [0.25, 0.3) is 0 Å². The largest absolute Gasteiger partial charge is 0.336 e. The van der Waals surface area contributed by atoms with Crippen LogP contribution in [-0.4, -0.2) is 31.8 Å². The number of likely N-dealkylation sites (tertiary alicyclic amines) is 1. The summed E-state index contributed by atoms with van der Waals surface area (Å²) in [7, 11) is -3.91. The van der Waals surface area contributed by atoms with E-state index in [-0.39, 0.29) is 21.9 Å². The second-order valence-corrected chi connectivity index (χ2v) is 7.29. The van der Waals surface area contributed by atoms with Crippen LogP contribution in [0.3, 0.4) is 0 Å². The lowest BCUT2D eigenvalue weighted by Gasteiger charge is -2.25. The van der Waals surface area contributed by atoms with E-state index < -0.39 is 10.0 Å². The van der Waals surface area contributed by atoms with Crippen molar-refractivity contribution in [2.45, 2.75) is 44.0 Å². The molecule has 1 saturated heterocycles. The first kappa shape index (κ1) is 16.3. The van der Waals surface area contributed by atoms with Crippen molar-refractivity contribution in [1.82, 2.24) is 4.90 Å². The molecule has 1 aliphatic heterocycles. The van der Waals surface area contributed by atoms with E-state index in [0.717, 1.165) is 19.3 Å². The van der Waals surface area contributed by atoms with Gasteiger partial charge < -0.3 is 4.90 Å². The third kappa shape index (κ3) is 3.22. The fourth-order valence-corrected chi connectivity index (χ4v) is 3.96. The Morgan fingerprint density at radius 2 is 2.14 bits per heavy atom. The molecule has 1 aromatic carbocycles. The van der Waals surface area contributed by atoms with E-state index in [4.69, 9.17) is 16.7 Å². The van der Waals surface area contributed by atoms with Crippen LogP contribution in [0.15, 0.2) is 17.0 Å². The van der Waals surface area contributed by atoms with Crippen molar-refractivity contribution in [2.75, 3.05) is 6.54 Å². The highest BCUT2D eigenvalue weighted by atomic mass is 35.5. The van der Waals surface area contributed by atoms with Crippen LogP contribution < -0.4 is 5.14 Å². The van der Waals surface area contributed by atoms with E-state index in [0.29, 0.717) is 17.7 Å². The summed E-state index contributed by atoms with van der Waals surface area (Å²) in [6, 6.07) is 3.00. The van der Waals surface area contributed by atoms with Gasteiger partial charge >= 0.3 is 0 Å². The predicted octanol–water partition coefficient (Wildman–Crippen LogP) is 2.31. The van der Waals surface area contributed by atoms with Gasteiger partial charge in [-0.05, 0) is 43.9 Å². The van der Waals surface area contributed by atoms with Crippen LogP contribution in [0.2, 0.25) is 5.02 Å². The molecule has 0 aromatic heterocycles. The van der Waals surface area contributed by atoms with Gasteiger partial charge in [-0.15, -0.1) is 0 Å². The monoisotopic (exact) mass is 330 g/mol. The Kier molecular flexibility index (Phi) is 4.60. The maximum atomic E-state index is 12.7. The number of halogens is 1. The number of benzene rings is 1. The summed E-state index contributed by atoms with van der Waals surface area (Å²) >= 11 is 5.96. The van der Waals surface area contributed by atoms with Crippen LogP contribution in [0.1, 0.15) is 42.1 Å². The molecule has 0 spiro atoms. The number of rotatable bonds is 3. The first-order valence-corrected chi connectivity index (χ1v) is 8.82. The van der Waals surface area contributed by atoms with Crippen molar-refractivity contribution in [1.29, 1.82) is 0 Å². The number of hydrogen-bond acceptors (Lipinski definition) is 3. The highest BCUT2D eigenvalue weighted by Crippen LogP contribution is 2.28. The predicted molar refractivity (Wildman–Crippen MR) is 81.9 cm³/mol. The molecule has 2 N–H and O–H groups in total. The number of amides is 1. The summed E-state index contributed by atoms with van der Waals surface area (Å²) in [5, 5.41) is 5.39. The highest BCUT2D eigenvalue weighted by Gasteiger charge is 2.30.